The molecule has 2 aliphatic carbocycles. The molecule has 0 bridgehead atoms. The van der Waals surface area contributed by atoms with Gasteiger partial charge in [0.05, 0.1) is 0 Å². The lowest BCUT2D eigenvalue weighted by molar-refractivity contribution is 0.443. The van der Waals surface area contributed by atoms with Gasteiger partial charge >= 0.3 is 0 Å². The molecule has 2 nitrogen and oxygen atoms in total. The number of benzene rings is 10. The number of para-hydroxylation sites is 2. The minimum atomic E-state index is -0.146. The van der Waals surface area contributed by atoms with Crippen molar-refractivity contribution in [3.05, 3.63) is 265 Å². The van der Waals surface area contributed by atoms with Crippen molar-refractivity contribution in [2.45, 2.75) is 57.3 Å². The highest BCUT2D eigenvalue weighted by Crippen LogP contribution is 2.52. The zero-order valence-corrected chi connectivity index (χ0v) is 40.7. The first-order chi connectivity index (χ1) is 35.0. The lowest BCUT2D eigenvalue weighted by atomic mass is 9.82. The summed E-state index contributed by atoms with van der Waals surface area (Å²) in [4.78, 5) is 4.90. The third-order valence-corrected chi connectivity index (χ3v) is 15.2. The van der Waals surface area contributed by atoms with E-state index in [-0.39, 0.29) is 5.41 Å². The second-order valence-electron chi connectivity index (χ2n) is 19.9. The molecule has 0 unspecified atom stereocenters. The molecule has 0 heterocycles. The molecule has 0 aromatic heterocycles. The monoisotopic (exact) mass is 914 g/mol. The van der Waals surface area contributed by atoms with Gasteiger partial charge in [0.2, 0.25) is 0 Å². The summed E-state index contributed by atoms with van der Waals surface area (Å²) in [6.45, 7) is 4.74. The van der Waals surface area contributed by atoms with Crippen molar-refractivity contribution in [1.82, 2.24) is 0 Å². The number of hydrogen-bond donors (Lipinski definition) is 0. The molecule has 10 aromatic carbocycles. The lowest BCUT2D eigenvalue weighted by Gasteiger charge is -2.31. The Morgan fingerprint density at radius 3 is 1.37 bits per heavy atom. The van der Waals surface area contributed by atoms with Crippen LogP contribution in [0.5, 0.6) is 0 Å². The number of nitrogens with zero attached hydrogens (tertiary/aromatic N) is 2. The van der Waals surface area contributed by atoms with Crippen LogP contribution in [-0.2, 0) is 5.41 Å². The van der Waals surface area contributed by atoms with Gasteiger partial charge in [-0.1, -0.05) is 215 Å². The highest BCUT2D eigenvalue weighted by molar-refractivity contribution is 5.96. The molecule has 0 saturated heterocycles. The number of anilines is 6. The molecular formula is C69H58N2. The van der Waals surface area contributed by atoms with E-state index in [9.17, 15) is 0 Å². The van der Waals surface area contributed by atoms with Gasteiger partial charge in [-0.2, -0.15) is 0 Å². The summed E-state index contributed by atoms with van der Waals surface area (Å²) in [6.07, 6.45) is 6.54. The summed E-state index contributed by atoms with van der Waals surface area (Å²) in [6, 6.07) is 92.1. The van der Waals surface area contributed by atoms with Crippen LogP contribution in [0.2, 0.25) is 0 Å². The van der Waals surface area contributed by atoms with E-state index in [2.05, 4.69) is 272 Å². The van der Waals surface area contributed by atoms with E-state index in [1.54, 1.807) is 0 Å². The first kappa shape index (κ1) is 44.0. The van der Waals surface area contributed by atoms with Crippen LogP contribution in [0.4, 0.5) is 34.1 Å². The standard InChI is InChI=1S/C69H58N2/c1-69(2)66-34-19-18-31-64(66)65-44-43-59(48-67(65)69)71(57-29-16-7-17-30-57)61-46-55(45-60(47-61)70(56-27-14-6-15-28-56)58-41-39-50(40-42-58)49-21-8-3-9-22-49)51-35-37-54(38-36-51)68-62(52-23-10-4-11-24-52)32-20-33-63(68)53-25-12-5-13-26-53/h4-7,10-20,23-49H,3,8-9,21-22H2,1-2H3. The Bertz CT molecular complexity index is 3390. The van der Waals surface area contributed by atoms with E-state index in [1.807, 2.05) is 0 Å². The van der Waals surface area contributed by atoms with Crippen LogP contribution in [0.1, 0.15) is 68.6 Å². The fraction of sp³-hybridized carbons (Fsp3) is 0.130. The van der Waals surface area contributed by atoms with Crippen LogP contribution in [0.15, 0.2) is 249 Å². The molecule has 2 heteroatoms. The third kappa shape index (κ3) is 8.44. The van der Waals surface area contributed by atoms with Crippen molar-refractivity contribution in [2.24, 2.45) is 0 Å². The summed E-state index contributed by atoms with van der Waals surface area (Å²) in [5, 5.41) is 0. The van der Waals surface area contributed by atoms with Crippen molar-refractivity contribution >= 4 is 34.1 Å². The summed E-state index contributed by atoms with van der Waals surface area (Å²) in [5.74, 6) is 0.633. The molecule has 344 valence electrons. The second-order valence-corrected chi connectivity index (χ2v) is 19.9. The maximum atomic E-state index is 2.46. The van der Waals surface area contributed by atoms with Gasteiger partial charge in [0, 0.05) is 39.5 Å². The first-order valence-corrected chi connectivity index (χ1v) is 25.5. The molecular weight excluding hydrogens is 857 g/mol. The van der Waals surface area contributed by atoms with E-state index < -0.39 is 0 Å². The Morgan fingerprint density at radius 2 is 0.775 bits per heavy atom. The number of hydrogen-bond acceptors (Lipinski definition) is 2. The van der Waals surface area contributed by atoms with Gasteiger partial charge in [-0.05, 0) is 158 Å². The van der Waals surface area contributed by atoms with Gasteiger partial charge in [0.25, 0.3) is 0 Å². The summed E-state index contributed by atoms with van der Waals surface area (Å²) >= 11 is 0. The zero-order valence-electron chi connectivity index (χ0n) is 40.7. The average Bonchev–Trinajstić information content (AvgIpc) is 3.67. The SMILES string of the molecule is CC1(C)c2ccccc2-c2ccc(N(c3ccccc3)c3cc(-c4ccc(-c5c(-c6ccccc6)cccc5-c5ccccc5)cc4)cc(N(c4ccccc4)c4ccc(C5CCCCC5)cc4)c3)cc21. The van der Waals surface area contributed by atoms with E-state index in [1.165, 1.54) is 93.3 Å². The quantitative estimate of drug-likeness (QED) is 0.128. The smallest absolute Gasteiger partial charge is 0.0488 e. The molecule has 1 saturated carbocycles. The predicted octanol–water partition coefficient (Wildman–Crippen LogP) is 19.6. The van der Waals surface area contributed by atoms with Crippen LogP contribution in [0.3, 0.4) is 0 Å². The minimum absolute atomic E-state index is 0.146. The molecule has 0 N–H and O–H groups in total. The van der Waals surface area contributed by atoms with E-state index in [4.69, 9.17) is 0 Å². The highest BCUT2D eigenvalue weighted by Gasteiger charge is 2.36. The van der Waals surface area contributed by atoms with Crippen LogP contribution >= 0.6 is 0 Å². The van der Waals surface area contributed by atoms with Crippen molar-refractivity contribution in [3.63, 3.8) is 0 Å². The molecule has 2 aliphatic rings. The summed E-state index contributed by atoms with van der Waals surface area (Å²) in [5.41, 5.74) is 22.9. The largest absolute Gasteiger partial charge is 0.310 e. The molecule has 12 rings (SSSR count). The number of fused-ring (bicyclic) bond motifs is 3. The van der Waals surface area contributed by atoms with Crippen molar-refractivity contribution < 1.29 is 0 Å². The zero-order chi connectivity index (χ0) is 47.7. The Balaban J connectivity index is 1.05. The topological polar surface area (TPSA) is 6.48 Å². The Kier molecular flexibility index (Phi) is 11.8. The molecule has 0 amide bonds. The average molecular weight is 915 g/mol. The van der Waals surface area contributed by atoms with Crippen molar-refractivity contribution in [1.29, 1.82) is 0 Å². The molecule has 0 radical (unpaired) electrons. The normalized spacial score (nSPS) is 13.8. The summed E-state index contributed by atoms with van der Waals surface area (Å²) in [7, 11) is 0. The van der Waals surface area contributed by atoms with Crippen LogP contribution in [0.25, 0.3) is 55.6 Å². The van der Waals surface area contributed by atoms with Gasteiger partial charge in [-0.25, -0.2) is 0 Å². The van der Waals surface area contributed by atoms with Crippen molar-refractivity contribution in [2.75, 3.05) is 9.80 Å². The fourth-order valence-corrected chi connectivity index (χ4v) is 11.6. The van der Waals surface area contributed by atoms with E-state index in [0.29, 0.717) is 5.92 Å². The molecule has 0 aliphatic heterocycles. The maximum Gasteiger partial charge on any atom is 0.0488 e. The molecule has 1 fully saturated rings. The molecule has 10 aromatic rings. The van der Waals surface area contributed by atoms with Crippen LogP contribution in [0, 0.1) is 0 Å². The van der Waals surface area contributed by atoms with E-state index in [0.717, 1.165) is 45.3 Å². The fourth-order valence-electron chi connectivity index (χ4n) is 11.6. The maximum absolute atomic E-state index is 2.46. The Labute approximate surface area is 420 Å². The highest BCUT2D eigenvalue weighted by atomic mass is 15.2. The lowest BCUT2D eigenvalue weighted by Crippen LogP contribution is -2.17. The first-order valence-electron chi connectivity index (χ1n) is 25.5. The molecule has 71 heavy (non-hydrogen) atoms. The van der Waals surface area contributed by atoms with Gasteiger partial charge in [-0.3, -0.25) is 0 Å². The predicted molar refractivity (Wildman–Crippen MR) is 301 cm³/mol. The summed E-state index contributed by atoms with van der Waals surface area (Å²) < 4.78 is 0. The Morgan fingerprint density at radius 1 is 0.310 bits per heavy atom. The van der Waals surface area contributed by atoms with Crippen LogP contribution in [-0.4, -0.2) is 0 Å². The van der Waals surface area contributed by atoms with Crippen LogP contribution < -0.4 is 9.80 Å². The van der Waals surface area contributed by atoms with Gasteiger partial charge in [-0.15, -0.1) is 0 Å². The second kappa shape index (κ2) is 18.9. The Hall–Kier alpha value is -8.20. The molecule has 0 spiro atoms. The minimum Gasteiger partial charge on any atom is -0.310 e. The third-order valence-electron chi connectivity index (χ3n) is 15.2. The van der Waals surface area contributed by atoms with Gasteiger partial charge in [0.15, 0.2) is 0 Å². The molecule has 0 atom stereocenters. The van der Waals surface area contributed by atoms with E-state index >= 15 is 0 Å². The van der Waals surface area contributed by atoms with Gasteiger partial charge < -0.3 is 9.80 Å². The number of rotatable bonds is 11. The van der Waals surface area contributed by atoms with Crippen molar-refractivity contribution in [3.8, 4) is 55.6 Å². The van der Waals surface area contributed by atoms with Gasteiger partial charge in [0.1, 0.15) is 0 Å².